The average molecular weight is 305 g/mol. The number of nitrogens with two attached hydrogens (primary N) is 1. The molecule has 0 bridgehead atoms. The summed E-state index contributed by atoms with van der Waals surface area (Å²) in [5.74, 6) is 0.207. The zero-order valence-corrected chi connectivity index (χ0v) is 12.0. The molecule has 0 saturated carbocycles. The first kappa shape index (κ1) is 15.3. The van der Waals surface area contributed by atoms with Gasteiger partial charge >= 0.3 is 0 Å². The Bertz CT molecular complexity index is 682. The minimum absolute atomic E-state index is 0.172. The Morgan fingerprint density at radius 3 is 2.76 bits per heavy atom. The fraction of sp³-hybridized carbons (Fsp3) is 0.188. The van der Waals surface area contributed by atoms with E-state index in [1.807, 2.05) is 6.07 Å². The Balaban J connectivity index is 2.16. The first-order valence-electron chi connectivity index (χ1n) is 6.43. The van der Waals surface area contributed by atoms with E-state index in [-0.39, 0.29) is 12.2 Å². The van der Waals surface area contributed by atoms with Crippen LogP contribution in [0.2, 0.25) is 5.02 Å². The molecule has 2 aromatic rings. The van der Waals surface area contributed by atoms with Crippen LogP contribution >= 0.6 is 11.6 Å². The molecule has 5 heteroatoms. The van der Waals surface area contributed by atoms with Crippen molar-refractivity contribution in [2.45, 2.75) is 13.0 Å². The number of benzene rings is 2. The Morgan fingerprint density at radius 1 is 1.24 bits per heavy atom. The van der Waals surface area contributed by atoms with Gasteiger partial charge in [-0.1, -0.05) is 11.6 Å². The molecule has 2 N–H and O–H groups in total. The molecule has 2 rings (SSSR count). The second kappa shape index (κ2) is 7.07. The lowest BCUT2D eigenvalue weighted by Gasteiger charge is -2.12. The zero-order chi connectivity index (χ0) is 15.2. The number of ether oxygens (including phenoxy) is 1. The van der Waals surface area contributed by atoms with Crippen LogP contribution in [0.5, 0.6) is 5.75 Å². The predicted octanol–water partition coefficient (Wildman–Crippen LogP) is 3.43. The Hall–Kier alpha value is -2.09. The fourth-order valence-electron chi connectivity index (χ4n) is 2.00. The number of halogens is 2. The molecular formula is C16H14ClFN2O. The topological polar surface area (TPSA) is 59.0 Å². The summed E-state index contributed by atoms with van der Waals surface area (Å²) in [6.07, 6.45) is 0.641. The van der Waals surface area contributed by atoms with E-state index >= 15 is 0 Å². The molecule has 0 aromatic heterocycles. The first-order valence-corrected chi connectivity index (χ1v) is 6.81. The van der Waals surface area contributed by atoms with Crippen LogP contribution in [0.4, 0.5) is 4.39 Å². The van der Waals surface area contributed by atoms with Crippen LogP contribution in [0.1, 0.15) is 16.7 Å². The second-order valence-corrected chi connectivity index (χ2v) is 4.98. The molecule has 108 valence electrons. The number of rotatable bonds is 5. The standard InChI is InChI=1S/C16H14ClFN2O/c17-14-1-2-16(13(8-14)3-4-19)21-10-12-5-11(9-20)6-15(18)7-12/h1-2,5-8H,3-4,10,19H2. The highest BCUT2D eigenvalue weighted by Crippen LogP contribution is 2.24. The summed E-state index contributed by atoms with van der Waals surface area (Å²) in [6, 6.07) is 11.3. The lowest BCUT2D eigenvalue weighted by Crippen LogP contribution is -2.05. The van der Waals surface area contributed by atoms with Gasteiger partial charge in [0.15, 0.2) is 0 Å². The summed E-state index contributed by atoms with van der Waals surface area (Å²) in [6.45, 7) is 0.654. The monoisotopic (exact) mass is 304 g/mol. The molecule has 0 aliphatic carbocycles. The van der Waals surface area contributed by atoms with Gasteiger partial charge in [-0.15, -0.1) is 0 Å². The fourth-order valence-corrected chi connectivity index (χ4v) is 2.19. The molecule has 0 aliphatic heterocycles. The summed E-state index contributed by atoms with van der Waals surface area (Å²) in [5, 5.41) is 9.44. The summed E-state index contributed by atoms with van der Waals surface area (Å²) in [4.78, 5) is 0. The van der Waals surface area contributed by atoms with Gasteiger partial charge in [-0.2, -0.15) is 5.26 Å². The Kier molecular flexibility index (Phi) is 5.15. The van der Waals surface area contributed by atoms with Gasteiger partial charge in [-0.3, -0.25) is 0 Å². The molecule has 21 heavy (non-hydrogen) atoms. The maximum atomic E-state index is 13.4. The van der Waals surface area contributed by atoms with Crippen molar-refractivity contribution < 1.29 is 9.13 Å². The summed E-state index contributed by atoms with van der Waals surface area (Å²) in [5.41, 5.74) is 7.33. The first-order chi connectivity index (χ1) is 10.1. The SMILES string of the molecule is N#Cc1cc(F)cc(COc2ccc(Cl)cc2CCN)c1. The van der Waals surface area contributed by atoms with Gasteiger partial charge in [0, 0.05) is 5.02 Å². The van der Waals surface area contributed by atoms with Crippen molar-refractivity contribution >= 4 is 11.6 Å². The highest BCUT2D eigenvalue weighted by Gasteiger charge is 2.06. The Labute approximate surface area is 127 Å². The number of hydrogen-bond acceptors (Lipinski definition) is 3. The van der Waals surface area contributed by atoms with Crippen molar-refractivity contribution in [2.75, 3.05) is 6.54 Å². The third-order valence-electron chi connectivity index (χ3n) is 2.92. The van der Waals surface area contributed by atoms with Crippen LogP contribution in [0, 0.1) is 17.1 Å². The van der Waals surface area contributed by atoms with Gasteiger partial charge in [0.2, 0.25) is 0 Å². The van der Waals surface area contributed by atoms with Crippen LogP contribution < -0.4 is 10.5 Å². The molecule has 0 saturated heterocycles. The van der Waals surface area contributed by atoms with E-state index in [0.717, 1.165) is 5.56 Å². The second-order valence-electron chi connectivity index (χ2n) is 4.54. The molecule has 0 atom stereocenters. The molecule has 0 amide bonds. The van der Waals surface area contributed by atoms with Crippen molar-refractivity contribution in [3.05, 3.63) is 63.9 Å². The zero-order valence-electron chi connectivity index (χ0n) is 11.3. The summed E-state index contributed by atoms with van der Waals surface area (Å²) in [7, 11) is 0. The molecule has 0 spiro atoms. The highest BCUT2D eigenvalue weighted by molar-refractivity contribution is 6.30. The molecule has 0 radical (unpaired) electrons. The lowest BCUT2D eigenvalue weighted by atomic mass is 10.1. The van der Waals surface area contributed by atoms with Crippen molar-refractivity contribution in [3.63, 3.8) is 0 Å². The molecule has 0 fully saturated rings. The minimum atomic E-state index is -0.453. The van der Waals surface area contributed by atoms with Crippen LogP contribution in [0.3, 0.4) is 0 Å². The molecular weight excluding hydrogens is 291 g/mol. The molecule has 0 unspecified atom stereocenters. The molecule has 2 aromatic carbocycles. The molecule has 0 aliphatic rings. The van der Waals surface area contributed by atoms with Gasteiger partial charge in [0.1, 0.15) is 18.2 Å². The highest BCUT2D eigenvalue weighted by atomic mass is 35.5. The quantitative estimate of drug-likeness (QED) is 0.920. The van der Waals surface area contributed by atoms with Crippen LogP contribution in [-0.4, -0.2) is 6.54 Å². The minimum Gasteiger partial charge on any atom is -0.489 e. The Morgan fingerprint density at radius 2 is 2.05 bits per heavy atom. The summed E-state index contributed by atoms with van der Waals surface area (Å²) < 4.78 is 19.0. The predicted molar refractivity (Wildman–Crippen MR) is 79.7 cm³/mol. The van der Waals surface area contributed by atoms with E-state index in [9.17, 15) is 4.39 Å². The van der Waals surface area contributed by atoms with Crippen molar-refractivity contribution in [1.29, 1.82) is 5.26 Å². The third-order valence-corrected chi connectivity index (χ3v) is 3.15. The number of nitrogens with zero attached hydrogens (tertiary/aromatic N) is 1. The normalized spacial score (nSPS) is 10.2. The smallest absolute Gasteiger partial charge is 0.124 e. The van der Waals surface area contributed by atoms with E-state index in [0.29, 0.717) is 29.3 Å². The van der Waals surface area contributed by atoms with Gasteiger partial charge in [-0.25, -0.2) is 4.39 Å². The van der Waals surface area contributed by atoms with Crippen LogP contribution in [0.25, 0.3) is 0 Å². The molecule has 0 heterocycles. The van der Waals surface area contributed by atoms with Crippen molar-refractivity contribution in [1.82, 2.24) is 0 Å². The van der Waals surface area contributed by atoms with E-state index in [1.165, 1.54) is 12.1 Å². The van der Waals surface area contributed by atoms with Gasteiger partial charge in [-0.05, 0) is 60.5 Å². The van der Waals surface area contributed by atoms with Crippen molar-refractivity contribution in [3.8, 4) is 11.8 Å². The number of nitriles is 1. The largest absolute Gasteiger partial charge is 0.489 e. The average Bonchev–Trinajstić information content (AvgIpc) is 2.46. The van der Waals surface area contributed by atoms with E-state index in [1.54, 1.807) is 24.3 Å². The van der Waals surface area contributed by atoms with Crippen LogP contribution in [0.15, 0.2) is 36.4 Å². The van der Waals surface area contributed by atoms with E-state index in [2.05, 4.69) is 0 Å². The van der Waals surface area contributed by atoms with Gasteiger partial charge in [0.25, 0.3) is 0 Å². The maximum absolute atomic E-state index is 13.4. The summed E-state index contributed by atoms with van der Waals surface area (Å²) >= 11 is 5.95. The van der Waals surface area contributed by atoms with Crippen molar-refractivity contribution in [2.24, 2.45) is 5.73 Å². The van der Waals surface area contributed by atoms with E-state index in [4.69, 9.17) is 27.3 Å². The lowest BCUT2D eigenvalue weighted by molar-refractivity contribution is 0.302. The van der Waals surface area contributed by atoms with Gasteiger partial charge in [0.05, 0.1) is 11.6 Å². The molecule has 3 nitrogen and oxygen atoms in total. The third kappa shape index (κ3) is 4.19. The number of hydrogen-bond donors (Lipinski definition) is 1. The maximum Gasteiger partial charge on any atom is 0.124 e. The van der Waals surface area contributed by atoms with Crippen LogP contribution in [-0.2, 0) is 13.0 Å². The van der Waals surface area contributed by atoms with Gasteiger partial charge < -0.3 is 10.5 Å². The van der Waals surface area contributed by atoms with E-state index < -0.39 is 5.82 Å².